The maximum Gasteiger partial charge on any atom is 0.231 e. The van der Waals surface area contributed by atoms with Gasteiger partial charge in [0.15, 0.2) is 11.5 Å². The zero-order valence-electron chi connectivity index (χ0n) is 11.6. The second-order valence-electron chi connectivity index (χ2n) is 4.99. The largest absolute Gasteiger partial charge is 0.454 e. The molecule has 2 heterocycles. The number of para-hydroxylation sites is 1. The number of fused-ring (bicyclic) bond motifs is 2. The predicted octanol–water partition coefficient (Wildman–Crippen LogP) is 4.90. The van der Waals surface area contributed by atoms with E-state index in [0.29, 0.717) is 0 Å². The summed E-state index contributed by atoms with van der Waals surface area (Å²) in [4.78, 5) is 4.63. The van der Waals surface area contributed by atoms with Crippen LogP contribution in [0, 0.1) is 0 Å². The molecule has 1 aliphatic heterocycles. The molecule has 0 atom stereocenters. The highest BCUT2D eigenvalue weighted by atomic mass is 79.9. The number of benzene rings is 2. The lowest BCUT2D eigenvalue weighted by Crippen LogP contribution is -1.92. The van der Waals surface area contributed by atoms with Crippen molar-refractivity contribution >= 4 is 39.0 Å². The highest BCUT2D eigenvalue weighted by Crippen LogP contribution is 2.37. The Balaban J connectivity index is 1.68. The van der Waals surface area contributed by atoms with E-state index in [2.05, 4.69) is 33.0 Å². The number of halogens is 1. The fraction of sp³-hybridized carbons (Fsp3) is 0.0556. The Morgan fingerprint density at radius 3 is 2.68 bits per heavy atom. The summed E-state index contributed by atoms with van der Waals surface area (Å²) in [5.74, 6) is 1.54. The van der Waals surface area contributed by atoms with Crippen molar-refractivity contribution in [3.05, 3.63) is 64.3 Å². The van der Waals surface area contributed by atoms with Crippen LogP contribution < -0.4 is 9.47 Å². The molecule has 0 spiro atoms. The zero-order valence-corrected chi connectivity index (χ0v) is 13.2. The molecule has 0 saturated heterocycles. The van der Waals surface area contributed by atoms with Gasteiger partial charge in [-0.05, 0) is 35.9 Å². The Morgan fingerprint density at radius 2 is 1.77 bits per heavy atom. The molecule has 3 nitrogen and oxygen atoms in total. The summed E-state index contributed by atoms with van der Waals surface area (Å²) in [6.45, 7) is 0.279. The van der Waals surface area contributed by atoms with Crippen LogP contribution in [0.15, 0.2) is 53.0 Å². The lowest BCUT2D eigenvalue weighted by atomic mass is 10.1. The molecule has 108 valence electrons. The standard InChI is InChI=1S/C18H12BrNO2/c19-15-10-18-17(21-11-22-18)9-13(15)6-8-14-7-5-12-3-1-2-4-16(12)20-14/h1-10H,11H2/b8-6+. The molecule has 2 aromatic carbocycles. The Hall–Kier alpha value is -2.33. The van der Waals surface area contributed by atoms with E-state index in [1.165, 1.54) is 0 Å². The quantitative estimate of drug-likeness (QED) is 0.656. The van der Waals surface area contributed by atoms with Crippen molar-refractivity contribution in [2.24, 2.45) is 0 Å². The lowest BCUT2D eigenvalue weighted by Gasteiger charge is -2.02. The maximum absolute atomic E-state index is 5.41. The topological polar surface area (TPSA) is 31.4 Å². The average Bonchev–Trinajstić information content (AvgIpc) is 2.99. The SMILES string of the molecule is Brc1cc2c(cc1/C=C/c1ccc3ccccc3n1)OCO2. The third kappa shape index (κ3) is 2.46. The predicted molar refractivity (Wildman–Crippen MR) is 90.9 cm³/mol. The van der Waals surface area contributed by atoms with Gasteiger partial charge in [0.05, 0.1) is 11.2 Å². The van der Waals surface area contributed by atoms with E-state index in [0.717, 1.165) is 38.1 Å². The van der Waals surface area contributed by atoms with Gasteiger partial charge in [-0.25, -0.2) is 4.98 Å². The van der Waals surface area contributed by atoms with Gasteiger partial charge in [-0.15, -0.1) is 0 Å². The van der Waals surface area contributed by atoms with Crippen LogP contribution in [0.1, 0.15) is 11.3 Å². The molecular weight excluding hydrogens is 342 g/mol. The summed E-state index contributed by atoms with van der Waals surface area (Å²) in [5, 5.41) is 1.14. The van der Waals surface area contributed by atoms with Crippen LogP contribution in [0.4, 0.5) is 0 Å². The van der Waals surface area contributed by atoms with Gasteiger partial charge in [-0.3, -0.25) is 0 Å². The van der Waals surface area contributed by atoms with Gasteiger partial charge < -0.3 is 9.47 Å². The fourth-order valence-corrected chi connectivity index (χ4v) is 2.86. The van der Waals surface area contributed by atoms with Crippen LogP contribution in [-0.4, -0.2) is 11.8 Å². The normalized spacial score (nSPS) is 13.1. The average molecular weight is 354 g/mol. The molecule has 0 N–H and O–H groups in total. The van der Waals surface area contributed by atoms with Gasteiger partial charge in [-0.1, -0.05) is 46.3 Å². The van der Waals surface area contributed by atoms with Crippen LogP contribution in [0.5, 0.6) is 11.5 Å². The summed E-state index contributed by atoms with van der Waals surface area (Å²) in [6, 6.07) is 16.1. The summed E-state index contributed by atoms with van der Waals surface area (Å²) in [7, 11) is 0. The third-order valence-electron chi connectivity index (χ3n) is 3.55. The minimum absolute atomic E-state index is 0.279. The summed E-state index contributed by atoms with van der Waals surface area (Å²) in [5.41, 5.74) is 2.94. The van der Waals surface area contributed by atoms with E-state index in [-0.39, 0.29) is 6.79 Å². The summed E-state index contributed by atoms with van der Waals surface area (Å²) >= 11 is 3.56. The minimum atomic E-state index is 0.279. The van der Waals surface area contributed by atoms with Crippen LogP contribution in [0.2, 0.25) is 0 Å². The molecule has 1 aromatic heterocycles. The second-order valence-corrected chi connectivity index (χ2v) is 5.84. The van der Waals surface area contributed by atoms with Gasteiger partial charge in [0.1, 0.15) is 0 Å². The Kier molecular flexibility index (Phi) is 3.31. The van der Waals surface area contributed by atoms with Crippen molar-refractivity contribution in [3.63, 3.8) is 0 Å². The van der Waals surface area contributed by atoms with Crippen molar-refractivity contribution in [2.45, 2.75) is 0 Å². The van der Waals surface area contributed by atoms with E-state index in [1.54, 1.807) is 0 Å². The fourth-order valence-electron chi connectivity index (χ4n) is 2.41. The first-order valence-corrected chi connectivity index (χ1v) is 7.72. The molecule has 0 radical (unpaired) electrons. The van der Waals surface area contributed by atoms with Crippen LogP contribution in [0.3, 0.4) is 0 Å². The van der Waals surface area contributed by atoms with E-state index in [4.69, 9.17) is 9.47 Å². The highest BCUT2D eigenvalue weighted by molar-refractivity contribution is 9.10. The van der Waals surface area contributed by atoms with Crippen molar-refractivity contribution in [1.29, 1.82) is 0 Å². The number of aromatic nitrogens is 1. The molecule has 0 bridgehead atoms. The lowest BCUT2D eigenvalue weighted by molar-refractivity contribution is 0.174. The van der Waals surface area contributed by atoms with Crippen molar-refractivity contribution in [2.75, 3.05) is 6.79 Å². The molecule has 4 heteroatoms. The van der Waals surface area contributed by atoms with Gasteiger partial charge in [0.2, 0.25) is 6.79 Å². The Bertz CT molecular complexity index is 889. The van der Waals surface area contributed by atoms with Gasteiger partial charge in [-0.2, -0.15) is 0 Å². The van der Waals surface area contributed by atoms with Crippen LogP contribution in [-0.2, 0) is 0 Å². The van der Waals surface area contributed by atoms with E-state index in [9.17, 15) is 0 Å². The summed E-state index contributed by atoms with van der Waals surface area (Å²) in [6.07, 6.45) is 4.01. The molecule has 22 heavy (non-hydrogen) atoms. The van der Waals surface area contributed by atoms with Crippen molar-refractivity contribution < 1.29 is 9.47 Å². The van der Waals surface area contributed by atoms with Gasteiger partial charge in [0.25, 0.3) is 0 Å². The highest BCUT2D eigenvalue weighted by Gasteiger charge is 2.15. The maximum atomic E-state index is 5.41. The van der Waals surface area contributed by atoms with Gasteiger partial charge >= 0.3 is 0 Å². The summed E-state index contributed by atoms with van der Waals surface area (Å²) < 4.78 is 11.7. The molecule has 4 rings (SSSR count). The molecule has 0 amide bonds. The number of hydrogen-bond acceptors (Lipinski definition) is 3. The Labute approximate surface area is 136 Å². The second kappa shape index (κ2) is 5.46. The first kappa shape index (κ1) is 13.3. The molecule has 0 fully saturated rings. The zero-order chi connectivity index (χ0) is 14.9. The van der Waals surface area contributed by atoms with Crippen LogP contribution in [0.25, 0.3) is 23.1 Å². The third-order valence-corrected chi connectivity index (χ3v) is 4.23. The molecule has 3 aromatic rings. The van der Waals surface area contributed by atoms with Gasteiger partial charge in [0, 0.05) is 9.86 Å². The van der Waals surface area contributed by atoms with Crippen LogP contribution >= 0.6 is 15.9 Å². The number of nitrogens with zero attached hydrogens (tertiary/aromatic N) is 1. The number of hydrogen-bond donors (Lipinski definition) is 0. The first-order chi connectivity index (χ1) is 10.8. The van der Waals surface area contributed by atoms with E-state index < -0.39 is 0 Å². The first-order valence-electron chi connectivity index (χ1n) is 6.93. The number of pyridine rings is 1. The Morgan fingerprint density at radius 1 is 0.955 bits per heavy atom. The van der Waals surface area contributed by atoms with E-state index >= 15 is 0 Å². The number of ether oxygens (including phenoxy) is 2. The molecule has 0 aliphatic carbocycles. The molecule has 1 aliphatic rings. The number of rotatable bonds is 2. The molecular formula is C18H12BrNO2. The molecule has 0 unspecified atom stereocenters. The monoisotopic (exact) mass is 353 g/mol. The smallest absolute Gasteiger partial charge is 0.231 e. The minimum Gasteiger partial charge on any atom is -0.454 e. The van der Waals surface area contributed by atoms with Crippen molar-refractivity contribution in [3.8, 4) is 11.5 Å². The van der Waals surface area contributed by atoms with Crippen molar-refractivity contribution in [1.82, 2.24) is 4.98 Å². The van der Waals surface area contributed by atoms with E-state index in [1.807, 2.05) is 48.6 Å². The molecule has 0 saturated carbocycles.